The second-order valence-corrected chi connectivity index (χ2v) is 8.81. The number of nitrogens with zero attached hydrogens (tertiary/aromatic N) is 2. The van der Waals surface area contributed by atoms with Crippen LogP contribution in [0, 0.1) is 0 Å². The Morgan fingerprint density at radius 1 is 1.05 bits per heavy atom. The summed E-state index contributed by atoms with van der Waals surface area (Å²) >= 11 is 0. The van der Waals surface area contributed by atoms with Crippen molar-refractivity contribution in [3.05, 3.63) is 0 Å². The molecule has 1 saturated carbocycles. The third-order valence-electron chi connectivity index (χ3n) is 4.28. The Balaban J connectivity index is 1.86. The second-order valence-electron chi connectivity index (χ2n) is 5.68. The molecule has 0 aromatic heterocycles. The van der Waals surface area contributed by atoms with Crippen LogP contribution in [0.25, 0.3) is 0 Å². The normalized spacial score (nSPS) is 23.2. The van der Waals surface area contributed by atoms with E-state index in [0.717, 1.165) is 38.9 Å². The zero-order chi connectivity index (χ0) is 14.3. The van der Waals surface area contributed by atoms with E-state index < -0.39 is 8.72 Å². The summed E-state index contributed by atoms with van der Waals surface area (Å²) < 4.78 is 14.6. The van der Waals surface area contributed by atoms with Gasteiger partial charge in [-0.25, -0.2) is 0 Å². The van der Waals surface area contributed by atoms with E-state index in [1.54, 1.807) is 0 Å². The van der Waals surface area contributed by atoms with E-state index in [1.807, 2.05) is 0 Å². The summed E-state index contributed by atoms with van der Waals surface area (Å²) in [6, 6.07) is 1.12. The lowest BCUT2D eigenvalue weighted by Crippen LogP contribution is -2.55. The van der Waals surface area contributed by atoms with Crippen LogP contribution in [0.15, 0.2) is 4.99 Å². The van der Waals surface area contributed by atoms with Crippen LogP contribution in [0.4, 0.5) is 0 Å². The summed E-state index contributed by atoms with van der Waals surface area (Å²) in [6.45, 7) is 8.73. The van der Waals surface area contributed by atoms with Gasteiger partial charge in [0.2, 0.25) is 0 Å². The Bertz CT molecular complexity index is 309. The summed E-state index contributed by atoms with van der Waals surface area (Å²) in [6.07, 6.45) is 7.70. The molecule has 0 bridgehead atoms. The van der Waals surface area contributed by atoms with Gasteiger partial charge in [-0.05, 0) is 52.5 Å². The molecule has 2 aliphatic rings. The molecule has 0 unspecified atom stereocenters. The first-order chi connectivity index (χ1) is 9.80. The van der Waals surface area contributed by atoms with Crippen LogP contribution in [0.3, 0.4) is 0 Å². The summed E-state index contributed by atoms with van der Waals surface area (Å²) in [4.78, 5) is 4.82. The van der Waals surface area contributed by atoms with Crippen LogP contribution in [0.1, 0.15) is 52.4 Å². The summed E-state index contributed by atoms with van der Waals surface area (Å²) in [7, 11) is -2.08. The molecule has 0 spiro atoms. The molecule has 1 aliphatic heterocycles. The van der Waals surface area contributed by atoms with Crippen LogP contribution in [0.2, 0.25) is 6.04 Å². The van der Waals surface area contributed by atoms with Crippen LogP contribution in [0.5, 0.6) is 0 Å². The molecule has 4 nitrogen and oxygen atoms in total. The standard InChI is InChI=1S/C15H30N2O2Si/c1-3-18-20(19-4-2)14-8-12-17(20)13-11-16-15-9-6-5-7-10-15/h3-14H2,1-2H3. The van der Waals surface area contributed by atoms with Crippen molar-refractivity contribution in [1.29, 1.82) is 0 Å². The van der Waals surface area contributed by atoms with Crippen molar-refractivity contribution in [1.82, 2.24) is 4.57 Å². The van der Waals surface area contributed by atoms with Crippen LogP contribution in [-0.4, -0.2) is 51.8 Å². The van der Waals surface area contributed by atoms with Crippen molar-refractivity contribution in [3.63, 3.8) is 0 Å². The molecule has 2 fully saturated rings. The highest BCUT2D eigenvalue weighted by molar-refractivity contribution is 6.65. The third kappa shape index (κ3) is 4.13. The largest absolute Gasteiger partial charge is 0.427 e. The highest BCUT2D eigenvalue weighted by Gasteiger charge is 2.48. The lowest BCUT2D eigenvalue weighted by molar-refractivity contribution is 0.137. The van der Waals surface area contributed by atoms with Crippen molar-refractivity contribution in [2.24, 2.45) is 4.99 Å². The molecular weight excluding hydrogens is 268 g/mol. The van der Waals surface area contributed by atoms with Gasteiger partial charge >= 0.3 is 8.72 Å². The summed E-state index contributed by atoms with van der Waals surface area (Å²) in [5.74, 6) is 0. The predicted molar refractivity (Wildman–Crippen MR) is 85.4 cm³/mol. The van der Waals surface area contributed by atoms with Gasteiger partial charge in [-0.3, -0.25) is 9.56 Å². The van der Waals surface area contributed by atoms with E-state index in [1.165, 1.54) is 44.2 Å². The first-order valence-corrected chi connectivity index (χ1v) is 10.3. The lowest BCUT2D eigenvalue weighted by Gasteiger charge is -2.33. The Morgan fingerprint density at radius 2 is 1.75 bits per heavy atom. The van der Waals surface area contributed by atoms with Crippen molar-refractivity contribution >= 4 is 14.4 Å². The van der Waals surface area contributed by atoms with Gasteiger partial charge in [-0.15, -0.1) is 0 Å². The topological polar surface area (TPSA) is 34.1 Å². The molecule has 1 saturated heterocycles. The maximum atomic E-state index is 6.08. The zero-order valence-corrected chi connectivity index (χ0v) is 14.2. The van der Waals surface area contributed by atoms with Crippen LogP contribution < -0.4 is 0 Å². The number of hydrogen-bond acceptors (Lipinski definition) is 4. The van der Waals surface area contributed by atoms with E-state index in [-0.39, 0.29) is 0 Å². The minimum atomic E-state index is -2.08. The molecule has 0 radical (unpaired) electrons. The fourth-order valence-corrected chi connectivity index (χ4v) is 6.87. The molecule has 1 aliphatic carbocycles. The van der Waals surface area contributed by atoms with Crippen LogP contribution in [-0.2, 0) is 8.85 Å². The Labute approximate surface area is 124 Å². The van der Waals surface area contributed by atoms with E-state index in [2.05, 4.69) is 18.4 Å². The average molecular weight is 299 g/mol. The molecule has 0 amide bonds. The van der Waals surface area contributed by atoms with Crippen molar-refractivity contribution < 1.29 is 8.85 Å². The fourth-order valence-electron chi connectivity index (χ4n) is 3.37. The van der Waals surface area contributed by atoms with Gasteiger partial charge in [0.25, 0.3) is 0 Å². The molecule has 5 heteroatoms. The Kier molecular flexibility index (Phi) is 6.67. The van der Waals surface area contributed by atoms with Gasteiger partial charge in [0.1, 0.15) is 0 Å². The van der Waals surface area contributed by atoms with Crippen molar-refractivity contribution in [2.75, 3.05) is 32.8 Å². The van der Waals surface area contributed by atoms with Crippen molar-refractivity contribution in [3.8, 4) is 0 Å². The highest BCUT2D eigenvalue weighted by atomic mass is 28.4. The second kappa shape index (κ2) is 8.27. The first-order valence-electron chi connectivity index (χ1n) is 8.36. The van der Waals surface area contributed by atoms with Crippen LogP contribution >= 0.6 is 0 Å². The molecule has 0 atom stereocenters. The lowest BCUT2D eigenvalue weighted by atomic mass is 9.99. The number of aliphatic imine (C=N–C) groups is 1. The molecular formula is C15H30N2O2Si. The highest BCUT2D eigenvalue weighted by Crippen LogP contribution is 2.28. The monoisotopic (exact) mass is 298 g/mol. The minimum absolute atomic E-state index is 0.761. The molecule has 116 valence electrons. The van der Waals surface area contributed by atoms with E-state index in [4.69, 9.17) is 13.8 Å². The van der Waals surface area contributed by atoms with Crippen molar-refractivity contribution in [2.45, 2.75) is 58.4 Å². The predicted octanol–water partition coefficient (Wildman–Crippen LogP) is 3.11. The first kappa shape index (κ1) is 16.1. The molecule has 0 N–H and O–H groups in total. The smallest absolute Gasteiger partial charge is 0.383 e. The van der Waals surface area contributed by atoms with Gasteiger partial charge in [-0.2, -0.15) is 0 Å². The number of rotatable bonds is 7. The van der Waals surface area contributed by atoms with E-state index >= 15 is 0 Å². The SMILES string of the molecule is CCO[Si]1(OCC)CCCN1CCN=C1CCCCC1. The average Bonchev–Trinajstić information content (AvgIpc) is 2.84. The summed E-state index contributed by atoms with van der Waals surface area (Å²) in [5.41, 5.74) is 1.44. The quantitative estimate of drug-likeness (QED) is 0.677. The zero-order valence-electron chi connectivity index (χ0n) is 13.2. The number of hydrogen-bond donors (Lipinski definition) is 0. The fraction of sp³-hybridized carbons (Fsp3) is 0.933. The van der Waals surface area contributed by atoms with E-state index in [9.17, 15) is 0 Å². The minimum Gasteiger partial charge on any atom is -0.383 e. The maximum Gasteiger partial charge on any atom is 0.427 e. The molecule has 2 rings (SSSR count). The van der Waals surface area contributed by atoms with Gasteiger partial charge in [0, 0.05) is 31.5 Å². The molecule has 0 aromatic rings. The maximum absolute atomic E-state index is 6.08. The van der Waals surface area contributed by atoms with Gasteiger partial charge in [0.05, 0.1) is 6.54 Å². The molecule has 20 heavy (non-hydrogen) atoms. The Morgan fingerprint density at radius 3 is 2.40 bits per heavy atom. The summed E-state index contributed by atoms with van der Waals surface area (Å²) in [5, 5.41) is 0. The van der Waals surface area contributed by atoms with Gasteiger partial charge in [-0.1, -0.05) is 6.42 Å². The van der Waals surface area contributed by atoms with E-state index in [0.29, 0.717) is 0 Å². The van der Waals surface area contributed by atoms with Gasteiger partial charge < -0.3 is 8.85 Å². The Hall–Kier alpha value is -0.233. The molecule has 1 heterocycles. The third-order valence-corrected chi connectivity index (χ3v) is 8.15. The molecule has 0 aromatic carbocycles. The van der Waals surface area contributed by atoms with Gasteiger partial charge in [0.15, 0.2) is 0 Å².